The maximum absolute atomic E-state index is 10.9. The van der Waals surface area contributed by atoms with E-state index in [2.05, 4.69) is 0 Å². The van der Waals surface area contributed by atoms with E-state index in [1.807, 2.05) is 0 Å². The van der Waals surface area contributed by atoms with Crippen LogP contribution >= 0.6 is 0 Å². The Balaban J connectivity index is 1.49. The van der Waals surface area contributed by atoms with Crippen molar-refractivity contribution in [2.24, 2.45) is 0 Å². The lowest BCUT2D eigenvalue weighted by molar-refractivity contribution is -0.388. The van der Waals surface area contributed by atoms with Crippen molar-refractivity contribution in [3.63, 3.8) is 0 Å². The van der Waals surface area contributed by atoms with Gasteiger partial charge in [0.2, 0.25) is 0 Å². The lowest BCUT2D eigenvalue weighted by atomic mass is 9.96. The molecule has 4 saturated heterocycles. The van der Waals surface area contributed by atoms with Crippen LogP contribution in [0, 0.1) is 0 Å². The van der Waals surface area contributed by atoms with Crippen LogP contribution in [0.3, 0.4) is 0 Å². The van der Waals surface area contributed by atoms with Gasteiger partial charge in [-0.05, 0) is 6.92 Å². The second-order valence-electron chi connectivity index (χ2n) is 11.2. The summed E-state index contributed by atoms with van der Waals surface area (Å²) in [5.41, 5.74) is 0. The molecule has 0 aliphatic carbocycles. The van der Waals surface area contributed by atoms with Crippen molar-refractivity contribution in [1.82, 2.24) is 0 Å². The molecule has 258 valence electrons. The zero-order valence-corrected chi connectivity index (χ0v) is 23.3. The second-order valence-corrected chi connectivity index (χ2v) is 11.2. The summed E-state index contributed by atoms with van der Waals surface area (Å²) >= 11 is 0. The van der Waals surface area contributed by atoms with Gasteiger partial charge >= 0.3 is 0 Å². The van der Waals surface area contributed by atoms with Crippen LogP contribution in [0.1, 0.15) is 6.92 Å². The van der Waals surface area contributed by atoms with E-state index in [9.17, 15) is 66.4 Å². The second kappa shape index (κ2) is 15.0. The third-order valence-electron chi connectivity index (χ3n) is 8.15. The number of aliphatic hydroxyl groups excluding tert-OH is 13. The third-order valence-corrected chi connectivity index (χ3v) is 8.15. The summed E-state index contributed by atoms with van der Waals surface area (Å²) in [4.78, 5) is 0. The van der Waals surface area contributed by atoms with Crippen molar-refractivity contribution in [3.8, 4) is 0 Å². The maximum atomic E-state index is 10.9. The van der Waals surface area contributed by atoms with E-state index in [4.69, 9.17) is 33.2 Å². The molecular formula is C24H42O20. The Morgan fingerprint density at radius 3 is 1.50 bits per heavy atom. The van der Waals surface area contributed by atoms with E-state index in [0.29, 0.717) is 0 Å². The van der Waals surface area contributed by atoms with Gasteiger partial charge in [0.15, 0.2) is 25.2 Å². The van der Waals surface area contributed by atoms with Gasteiger partial charge in [-0.2, -0.15) is 0 Å². The van der Waals surface area contributed by atoms with Gasteiger partial charge in [-0.25, -0.2) is 0 Å². The number of hydrogen-bond acceptors (Lipinski definition) is 20. The highest BCUT2D eigenvalue weighted by Crippen LogP contribution is 2.33. The topological polar surface area (TPSA) is 328 Å². The van der Waals surface area contributed by atoms with Gasteiger partial charge in [-0.1, -0.05) is 0 Å². The minimum atomic E-state index is -2.00. The van der Waals surface area contributed by atoms with Crippen molar-refractivity contribution in [2.75, 3.05) is 19.8 Å². The third kappa shape index (κ3) is 7.19. The Morgan fingerprint density at radius 1 is 0.455 bits per heavy atom. The smallest absolute Gasteiger partial charge is 0.187 e. The molecule has 20 heteroatoms. The highest BCUT2D eigenvalue weighted by molar-refractivity contribution is 4.96. The summed E-state index contributed by atoms with van der Waals surface area (Å²) in [7, 11) is 0. The van der Waals surface area contributed by atoms with Crippen molar-refractivity contribution < 1.29 is 99.5 Å². The van der Waals surface area contributed by atoms with E-state index < -0.39 is 143 Å². The highest BCUT2D eigenvalue weighted by Gasteiger charge is 2.54. The summed E-state index contributed by atoms with van der Waals surface area (Å²) in [6, 6.07) is 0. The molecule has 0 bridgehead atoms. The molecule has 0 aromatic carbocycles. The van der Waals surface area contributed by atoms with Crippen LogP contribution in [0.25, 0.3) is 0 Å². The predicted molar refractivity (Wildman–Crippen MR) is 132 cm³/mol. The molecule has 20 atom stereocenters. The fourth-order valence-electron chi connectivity index (χ4n) is 5.36. The first-order chi connectivity index (χ1) is 20.7. The van der Waals surface area contributed by atoms with Gasteiger partial charge in [-0.15, -0.1) is 0 Å². The largest absolute Gasteiger partial charge is 0.394 e. The summed E-state index contributed by atoms with van der Waals surface area (Å²) in [5.74, 6) is 0. The summed E-state index contributed by atoms with van der Waals surface area (Å²) in [6.45, 7) is -0.904. The SMILES string of the molecule is C[C@@H]1O[C@@H](O[C@H]2C(O)O[C@H](CO)[C@H](O)[C@@H]2O[C@@H]2O[C@H](CO[C@@H]3O[C@H](CO)[C@@H](O)[C@H](O)[C@H]3O)[C@@H](O)[C@H](O)[C@H]2O)[C@H](O)[C@H](O)[C@H]1O. The number of rotatable bonds is 9. The number of hydrogen-bond donors (Lipinski definition) is 13. The van der Waals surface area contributed by atoms with Crippen LogP contribution in [0.15, 0.2) is 0 Å². The molecule has 4 rings (SSSR count). The van der Waals surface area contributed by atoms with Crippen molar-refractivity contribution in [2.45, 2.75) is 130 Å². The van der Waals surface area contributed by atoms with E-state index in [1.54, 1.807) is 0 Å². The van der Waals surface area contributed by atoms with Crippen LogP contribution in [0.4, 0.5) is 0 Å². The Kier molecular flexibility index (Phi) is 12.3. The Hall–Kier alpha value is -0.800. The lowest BCUT2D eigenvalue weighted by Gasteiger charge is -2.48. The monoisotopic (exact) mass is 650 g/mol. The molecule has 0 amide bonds. The first-order valence-electron chi connectivity index (χ1n) is 14.0. The lowest BCUT2D eigenvalue weighted by Crippen LogP contribution is -2.66. The van der Waals surface area contributed by atoms with Gasteiger partial charge in [0.05, 0.1) is 25.9 Å². The fraction of sp³-hybridized carbons (Fsp3) is 1.00. The van der Waals surface area contributed by atoms with Crippen molar-refractivity contribution >= 4 is 0 Å². The van der Waals surface area contributed by atoms with Gasteiger partial charge in [0.1, 0.15) is 91.6 Å². The van der Waals surface area contributed by atoms with E-state index in [1.165, 1.54) is 6.92 Å². The normalized spacial score (nSPS) is 53.9. The Labute approximate surface area is 249 Å². The van der Waals surface area contributed by atoms with E-state index in [-0.39, 0.29) is 0 Å². The molecule has 0 spiro atoms. The van der Waals surface area contributed by atoms with E-state index >= 15 is 0 Å². The molecule has 0 radical (unpaired) electrons. The van der Waals surface area contributed by atoms with Gasteiger partial charge < -0.3 is 99.5 Å². The molecule has 0 aromatic heterocycles. The van der Waals surface area contributed by atoms with Crippen molar-refractivity contribution in [1.29, 1.82) is 0 Å². The molecule has 4 fully saturated rings. The first kappa shape index (κ1) is 36.0. The Bertz CT molecular complexity index is 900. The quantitative estimate of drug-likeness (QED) is 0.110. The first-order valence-corrected chi connectivity index (χ1v) is 14.0. The molecule has 4 aliphatic heterocycles. The molecule has 13 N–H and O–H groups in total. The molecule has 44 heavy (non-hydrogen) atoms. The molecule has 20 nitrogen and oxygen atoms in total. The van der Waals surface area contributed by atoms with Gasteiger partial charge in [0, 0.05) is 0 Å². The van der Waals surface area contributed by atoms with Gasteiger partial charge in [-0.3, -0.25) is 0 Å². The minimum absolute atomic E-state index is 0.689. The molecule has 0 aromatic rings. The minimum Gasteiger partial charge on any atom is -0.394 e. The molecule has 4 heterocycles. The zero-order valence-electron chi connectivity index (χ0n) is 23.3. The maximum Gasteiger partial charge on any atom is 0.187 e. The summed E-state index contributed by atoms with van der Waals surface area (Å²) in [5, 5.41) is 133. The van der Waals surface area contributed by atoms with Crippen LogP contribution in [-0.2, 0) is 33.2 Å². The molecule has 4 aliphatic rings. The fourth-order valence-corrected chi connectivity index (χ4v) is 5.36. The highest BCUT2D eigenvalue weighted by atomic mass is 16.8. The van der Waals surface area contributed by atoms with Crippen molar-refractivity contribution in [3.05, 3.63) is 0 Å². The van der Waals surface area contributed by atoms with Crippen LogP contribution in [0.2, 0.25) is 0 Å². The van der Waals surface area contributed by atoms with Gasteiger partial charge in [0.25, 0.3) is 0 Å². The summed E-state index contributed by atoms with van der Waals surface area (Å²) in [6.07, 6.45) is -34.1. The van der Waals surface area contributed by atoms with Crippen LogP contribution in [0.5, 0.6) is 0 Å². The zero-order chi connectivity index (χ0) is 32.6. The molecular weight excluding hydrogens is 608 g/mol. The number of aliphatic hydroxyl groups is 13. The standard InChI is InChI=1S/C24H42O20/c1-5-9(27)13(31)17(35)23(39-5)44-20-19(12(30)7(3-26)40-21(20)37)43-24-18(36)15(33)11(29)8(42-24)4-38-22-16(34)14(32)10(28)6(2-25)41-22/h5-37H,2-4H2,1H3/t5-,6+,7+,8+,9-,10+,11+,12-,13+,14-,15-,16+,17+,18+,19-,20+,21?,22+,23-,24-/m0/s1. The number of ether oxygens (including phenoxy) is 7. The van der Waals surface area contributed by atoms with E-state index in [0.717, 1.165) is 0 Å². The van der Waals surface area contributed by atoms with Crippen LogP contribution < -0.4 is 0 Å². The summed E-state index contributed by atoms with van der Waals surface area (Å²) < 4.78 is 38.0. The average Bonchev–Trinajstić information content (AvgIpc) is 3.00. The molecule has 1 unspecified atom stereocenters. The molecule has 0 saturated carbocycles. The predicted octanol–water partition coefficient (Wildman–Crippen LogP) is -8.72. The Morgan fingerprint density at radius 2 is 0.909 bits per heavy atom. The average molecular weight is 651 g/mol. The van der Waals surface area contributed by atoms with Crippen LogP contribution in [-0.4, -0.2) is 209 Å².